The van der Waals surface area contributed by atoms with E-state index < -0.39 is 6.10 Å². The zero-order valence-corrected chi connectivity index (χ0v) is 6.87. The number of carbonyl (C=O) groups excluding carboxylic acids is 2. The Morgan fingerprint density at radius 1 is 1.75 bits per heavy atom. The van der Waals surface area contributed by atoms with Crippen molar-refractivity contribution in [2.45, 2.75) is 13.0 Å². The molecule has 12 heavy (non-hydrogen) atoms. The molecule has 1 atom stereocenters. The maximum absolute atomic E-state index is 11.1. The molecule has 66 valence electrons. The van der Waals surface area contributed by atoms with Gasteiger partial charge in [-0.15, -0.1) is 0 Å². The Balaban J connectivity index is 2.59. The standard InChI is InChI=1S/C8H11NO3/c1-2-3-6(10)7-8(11)9-4-5-12-7/h2-3,7H,4-5H2,1H3,(H,9,11). The van der Waals surface area contributed by atoms with Crippen molar-refractivity contribution in [1.82, 2.24) is 5.32 Å². The topological polar surface area (TPSA) is 55.4 Å². The van der Waals surface area contributed by atoms with Crippen molar-refractivity contribution in [3.8, 4) is 0 Å². The van der Waals surface area contributed by atoms with Gasteiger partial charge in [-0.2, -0.15) is 0 Å². The third kappa shape index (κ3) is 1.92. The summed E-state index contributed by atoms with van der Waals surface area (Å²) >= 11 is 0. The second-order valence-corrected chi connectivity index (χ2v) is 2.44. The number of allylic oxidation sites excluding steroid dienone is 1. The third-order valence-corrected chi connectivity index (χ3v) is 1.51. The quantitative estimate of drug-likeness (QED) is 0.454. The van der Waals surface area contributed by atoms with E-state index in [0.717, 1.165) is 0 Å². The Morgan fingerprint density at radius 3 is 3.08 bits per heavy atom. The number of ether oxygens (including phenoxy) is 1. The van der Waals surface area contributed by atoms with Gasteiger partial charge in [0.1, 0.15) is 0 Å². The van der Waals surface area contributed by atoms with Gasteiger partial charge in [-0.1, -0.05) is 6.08 Å². The summed E-state index contributed by atoms with van der Waals surface area (Å²) in [5.41, 5.74) is 0. The van der Waals surface area contributed by atoms with Gasteiger partial charge in [0.15, 0.2) is 11.9 Å². The predicted molar refractivity (Wildman–Crippen MR) is 42.6 cm³/mol. The average molecular weight is 169 g/mol. The summed E-state index contributed by atoms with van der Waals surface area (Å²) < 4.78 is 4.99. The van der Waals surface area contributed by atoms with Crippen molar-refractivity contribution >= 4 is 11.7 Å². The molecule has 4 nitrogen and oxygen atoms in total. The lowest BCUT2D eigenvalue weighted by atomic mass is 10.2. The number of ketones is 1. The molecule has 1 amide bonds. The first kappa shape index (κ1) is 8.93. The van der Waals surface area contributed by atoms with Crippen LogP contribution in [0.25, 0.3) is 0 Å². The molecule has 1 N–H and O–H groups in total. The van der Waals surface area contributed by atoms with Crippen LogP contribution in [0.1, 0.15) is 6.92 Å². The van der Waals surface area contributed by atoms with E-state index in [1.54, 1.807) is 13.0 Å². The highest BCUT2D eigenvalue weighted by molar-refractivity contribution is 6.09. The lowest BCUT2D eigenvalue weighted by Gasteiger charge is -2.20. The van der Waals surface area contributed by atoms with Gasteiger partial charge in [0.2, 0.25) is 0 Å². The maximum Gasteiger partial charge on any atom is 0.257 e. The molecule has 0 aromatic heterocycles. The molecule has 1 rings (SSSR count). The van der Waals surface area contributed by atoms with Crippen LogP contribution in [0.5, 0.6) is 0 Å². The van der Waals surface area contributed by atoms with E-state index in [-0.39, 0.29) is 11.7 Å². The predicted octanol–water partition coefficient (Wildman–Crippen LogP) is -0.353. The van der Waals surface area contributed by atoms with Crippen LogP contribution in [0.4, 0.5) is 0 Å². The molecule has 0 radical (unpaired) electrons. The number of morpholine rings is 1. The Morgan fingerprint density at radius 2 is 2.50 bits per heavy atom. The SMILES string of the molecule is CC=CC(=O)C1OCCNC1=O. The molecule has 1 aliphatic rings. The number of amides is 1. The first-order valence-electron chi connectivity index (χ1n) is 3.81. The van der Waals surface area contributed by atoms with E-state index in [0.29, 0.717) is 13.2 Å². The number of hydrogen-bond acceptors (Lipinski definition) is 3. The fourth-order valence-electron chi connectivity index (χ4n) is 0.982. The van der Waals surface area contributed by atoms with Crippen LogP contribution in [0.2, 0.25) is 0 Å². The molecular weight excluding hydrogens is 158 g/mol. The van der Waals surface area contributed by atoms with E-state index in [2.05, 4.69) is 5.32 Å². The Bertz CT molecular complexity index is 222. The Hall–Kier alpha value is -1.16. The van der Waals surface area contributed by atoms with E-state index in [1.165, 1.54) is 6.08 Å². The highest BCUT2D eigenvalue weighted by Gasteiger charge is 2.27. The van der Waals surface area contributed by atoms with Crippen LogP contribution < -0.4 is 5.32 Å². The minimum atomic E-state index is -0.935. The molecular formula is C8H11NO3. The highest BCUT2D eigenvalue weighted by atomic mass is 16.5. The molecule has 0 spiro atoms. The van der Waals surface area contributed by atoms with Crippen LogP contribution >= 0.6 is 0 Å². The van der Waals surface area contributed by atoms with Crippen molar-refractivity contribution in [3.05, 3.63) is 12.2 Å². The molecule has 0 aromatic rings. The molecule has 0 saturated carbocycles. The molecule has 1 unspecified atom stereocenters. The van der Waals surface area contributed by atoms with Crippen molar-refractivity contribution in [1.29, 1.82) is 0 Å². The van der Waals surface area contributed by atoms with Crippen LogP contribution in [0.15, 0.2) is 12.2 Å². The van der Waals surface area contributed by atoms with E-state index in [1.807, 2.05) is 0 Å². The van der Waals surface area contributed by atoms with Crippen molar-refractivity contribution in [3.63, 3.8) is 0 Å². The van der Waals surface area contributed by atoms with Gasteiger partial charge in [-0.25, -0.2) is 0 Å². The second kappa shape index (κ2) is 4.01. The maximum atomic E-state index is 11.1. The Kier molecular flexibility index (Phi) is 2.99. The molecule has 0 bridgehead atoms. The summed E-state index contributed by atoms with van der Waals surface area (Å²) in [6.07, 6.45) is 2.00. The van der Waals surface area contributed by atoms with Crippen LogP contribution in [-0.4, -0.2) is 30.9 Å². The molecule has 1 heterocycles. The monoisotopic (exact) mass is 169 g/mol. The number of rotatable bonds is 2. The molecule has 1 fully saturated rings. The van der Waals surface area contributed by atoms with Crippen molar-refractivity contribution < 1.29 is 14.3 Å². The summed E-state index contributed by atoms with van der Waals surface area (Å²) in [7, 11) is 0. The number of carbonyl (C=O) groups is 2. The molecule has 0 aliphatic carbocycles. The highest BCUT2D eigenvalue weighted by Crippen LogP contribution is 2.00. The number of nitrogens with one attached hydrogen (secondary N) is 1. The molecule has 0 aromatic carbocycles. The smallest absolute Gasteiger partial charge is 0.257 e. The zero-order valence-electron chi connectivity index (χ0n) is 6.87. The van der Waals surface area contributed by atoms with Gasteiger partial charge in [0.25, 0.3) is 5.91 Å². The summed E-state index contributed by atoms with van der Waals surface area (Å²) in [4.78, 5) is 22.2. The first-order chi connectivity index (χ1) is 5.75. The van der Waals surface area contributed by atoms with Crippen molar-refractivity contribution in [2.24, 2.45) is 0 Å². The van der Waals surface area contributed by atoms with Gasteiger partial charge in [-0.05, 0) is 13.0 Å². The van der Waals surface area contributed by atoms with E-state index >= 15 is 0 Å². The summed E-state index contributed by atoms with van der Waals surface area (Å²) in [5, 5.41) is 2.55. The third-order valence-electron chi connectivity index (χ3n) is 1.51. The van der Waals surface area contributed by atoms with Gasteiger partial charge in [0.05, 0.1) is 6.61 Å². The molecule has 1 aliphatic heterocycles. The van der Waals surface area contributed by atoms with Crippen LogP contribution in [-0.2, 0) is 14.3 Å². The summed E-state index contributed by atoms with van der Waals surface area (Å²) in [6.45, 7) is 2.61. The zero-order chi connectivity index (χ0) is 8.97. The van der Waals surface area contributed by atoms with Crippen molar-refractivity contribution in [2.75, 3.05) is 13.2 Å². The summed E-state index contributed by atoms with van der Waals surface area (Å²) in [5.74, 6) is -0.640. The average Bonchev–Trinajstić information content (AvgIpc) is 2.05. The van der Waals surface area contributed by atoms with Gasteiger partial charge >= 0.3 is 0 Å². The fraction of sp³-hybridized carbons (Fsp3) is 0.500. The first-order valence-corrected chi connectivity index (χ1v) is 3.81. The summed E-state index contributed by atoms with van der Waals surface area (Å²) in [6, 6.07) is 0. The second-order valence-electron chi connectivity index (χ2n) is 2.44. The molecule has 4 heteroatoms. The largest absolute Gasteiger partial charge is 0.358 e. The van der Waals surface area contributed by atoms with E-state index in [9.17, 15) is 9.59 Å². The minimum absolute atomic E-state index is 0.297. The normalized spacial score (nSPS) is 24.1. The minimum Gasteiger partial charge on any atom is -0.358 e. The van der Waals surface area contributed by atoms with Gasteiger partial charge in [0, 0.05) is 6.54 Å². The van der Waals surface area contributed by atoms with Crippen LogP contribution in [0, 0.1) is 0 Å². The lowest BCUT2D eigenvalue weighted by molar-refractivity contribution is -0.145. The van der Waals surface area contributed by atoms with Gasteiger partial charge < -0.3 is 10.1 Å². The Labute approximate surface area is 70.6 Å². The molecule has 1 saturated heterocycles. The van der Waals surface area contributed by atoms with E-state index in [4.69, 9.17) is 4.74 Å². The lowest BCUT2D eigenvalue weighted by Crippen LogP contribution is -2.47. The fourth-order valence-corrected chi connectivity index (χ4v) is 0.982. The number of hydrogen-bond donors (Lipinski definition) is 1. The van der Waals surface area contributed by atoms with Crippen LogP contribution in [0.3, 0.4) is 0 Å². The van der Waals surface area contributed by atoms with Gasteiger partial charge in [-0.3, -0.25) is 9.59 Å².